The standard InChI is InChI=1S/C11H11F3N4O3S/c1-7-6-18(10(19)16-15-7)17-22(20,21)9-4-2-8(3-5-9)11(12,13)14/h2-5,17H,6H2,1H3,(H,16,19). The first-order chi connectivity index (χ1) is 10.1. The molecule has 0 saturated carbocycles. The second kappa shape index (κ2) is 5.57. The van der Waals surface area contributed by atoms with Crippen molar-refractivity contribution in [3.05, 3.63) is 29.8 Å². The van der Waals surface area contributed by atoms with Crippen molar-refractivity contribution in [2.24, 2.45) is 5.10 Å². The predicted molar refractivity (Wildman–Crippen MR) is 70.1 cm³/mol. The van der Waals surface area contributed by atoms with Crippen LogP contribution >= 0.6 is 0 Å². The van der Waals surface area contributed by atoms with Crippen LogP contribution in [0.5, 0.6) is 0 Å². The highest BCUT2D eigenvalue weighted by Gasteiger charge is 2.31. The van der Waals surface area contributed by atoms with Crippen molar-refractivity contribution in [2.45, 2.75) is 18.0 Å². The van der Waals surface area contributed by atoms with E-state index in [1.54, 1.807) is 6.92 Å². The molecular formula is C11H11F3N4O3S. The Morgan fingerprint density at radius 1 is 1.27 bits per heavy atom. The number of carbonyl (C=O) groups excluding carboxylic acids is 1. The lowest BCUT2D eigenvalue weighted by Crippen LogP contribution is -2.54. The number of sulfonamides is 1. The fraction of sp³-hybridized carbons (Fsp3) is 0.273. The Morgan fingerprint density at radius 3 is 2.41 bits per heavy atom. The summed E-state index contributed by atoms with van der Waals surface area (Å²) in [6, 6.07) is 2.14. The van der Waals surface area contributed by atoms with E-state index in [1.165, 1.54) is 0 Å². The molecule has 1 aromatic carbocycles. The molecule has 0 spiro atoms. The van der Waals surface area contributed by atoms with Crippen LogP contribution in [0.25, 0.3) is 0 Å². The molecule has 22 heavy (non-hydrogen) atoms. The molecule has 7 nitrogen and oxygen atoms in total. The van der Waals surface area contributed by atoms with Gasteiger partial charge in [-0.05, 0) is 31.2 Å². The van der Waals surface area contributed by atoms with Gasteiger partial charge in [0.15, 0.2) is 0 Å². The summed E-state index contributed by atoms with van der Waals surface area (Å²) in [5, 5.41) is 4.38. The maximum atomic E-state index is 12.4. The third-order valence-electron chi connectivity index (χ3n) is 2.70. The first-order valence-electron chi connectivity index (χ1n) is 5.90. The first-order valence-corrected chi connectivity index (χ1v) is 7.38. The van der Waals surface area contributed by atoms with Gasteiger partial charge in [-0.25, -0.2) is 23.6 Å². The molecule has 1 aliphatic heterocycles. The number of nitrogens with one attached hydrogen (secondary N) is 2. The minimum absolute atomic E-state index is 0.0777. The number of halogens is 3. The van der Waals surface area contributed by atoms with E-state index in [4.69, 9.17) is 0 Å². The van der Waals surface area contributed by atoms with Gasteiger partial charge in [0, 0.05) is 0 Å². The molecule has 2 N–H and O–H groups in total. The summed E-state index contributed by atoms with van der Waals surface area (Å²) >= 11 is 0. The van der Waals surface area contributed by atoms with Gasteiger partial charge >= 0.3 is 12.2 Å². The number of benzene rings is 1. The number of hydrazone groups is 1. The SMILES string of the molecule is CC1=NNC(=O)N(NS(=O)(=O)c2ccc(C(F)(F)F)cc2)C1. The Bertz CT molecular complexity index is 713. The van der Waals surface area contributed by atoms with Crippen molar-refractivity contribution in [3.63, 3.8) is 0 Å². The highest BCUT2D eigenvalue weighted by molar-refractivity contribution is 7.89. The number of amides is 2. The molecule has 0 bridgehead atoms. The fourth-order valence-electron chi connectivity index (χ4n) is 1.63. The number of nitrogens with zero attached hydrogens (tertiary/aromatic N) is 2. The van der Waals surface area contributed by atoms with Crippen molar-refractivity contribution in [1.29, 1.82) is 0 Å². The largest absolute Gasteiger partial charge is 0.416 e. The Hall–Kier alpha value is -2.14. The Labute approximate surface area is 123 Å². The summed E-state index contributed by atoms with van der Waals surface area (Å²) in [6.45, 7) is 1.49. The third kappa shape index (κ3) is 3.54. The van der Waals surface area contributed by atoms with E-state index in [9.17, 15) is 26.4 Å². The minimum Gasteiger partial charge on any atom is -0.245 e. The highest BCUT2D eigenvalue weighted by Crippen LogP contribution is 2.29. The molecule has 2 amide bonds. The Balaban J connectivity index is 2.20. The summed E-state index contributed by atoms with van der Waals surface area (Å²) < 4.78 is 61.5. The molecular weight excluding hydrogens is 325 g/mol. The van der Waals surface area contributed by atoms with Crippen molar-refractivity contribution >= 4 is 21.8 Å². The topological polar surface area (TPSA) is 90.9 Å². The van der Waals surface area contributed by atoms with Crippen molar-refractivity contribution < 1.29 is 26.4 Å². The van der Waals surface area contributed by atoms with E-state index in [-0.39, 0.29) is 6.54 Å². The van der Waals surface area contributed by atoms with Crippen molar-refractivity contribution in [3.8, 4) is 0 Å². The van der Waals surface area contributed by atoms with Gasteiger partial charge in [0.1, 0.15) is 0 Å². The molecule has 0 unspecified atom stereocenters. The molecule has 2 rings (SSSR count). The molecule has 120 valence electrons. The van der Waals surface area contributed by atoms with Crippen molar-refractivity contribution in [1.82, 2.24) is 15.3 Å². The van der Waals surface area contributed by atoms with E-state index in [0.717, 1.165) is 17.1 Å². The molecule has 0 aliphatic carbocycles. The van der Waals surface area contributed by atoms with Gasteiger partial charge in [-0.15, -0.1) is 4.83 Å². The quantitative estimate of drug-likeness (QED) is 0.872. The summed E-state index contributed by atoms with van der Waals surface area (Å²) in [5.74, 6) is 0. The highest BCUT2D eigenvalue weighted by atomic mass is 32.2. The van der Waals surface area contributed by atoms with E-state index in [0.29, 0.717) is 17.8 Å². The van der Waals surface area contributed by atoms with Crippen LogP contribution in [0, 0.1) is 0 Å². The predicted octanol–water partition coefficient (Wildman–Crippen LogP) is 1.30. The number of carbonyl (C=O) groups is 1. The molecule has 0 fully saturated rings. The van der Waals surface area contributed by atoms with Crippen LogP contribution in [0.1, 0.15) is 12.5 Å². The number of urea groups is 1. The molecule has 11 heteroatoms. The minimum atomic E-state index is -4.56. The summed E-state index contributed by atoms with van der Waals surface area (Å²) in [4.78, 5) is 13.1. The second-order valence-electron chi connectivity index (χ2n) is 4.47. The summed E-state index contributed by atoms with van der Waals surface area (Å²) in [6.07, 6.45) is -4.56. The van der Waals surface area contributed by atoms with Gasteiger partial charge in [-0.2, -0.15) is 18.3 Å². The maximum absolute atomic E-state index is 12.4. The number of hydrazine groups is 1. The average molecular weight is 336 g/mol. The van der Waals surface area contributed by atoms with Crippen LogP contribution in [-0.4, -0.2) is 31.7 Å². The van der Waals surface area contributed by atoms with Gasteiger partial charge in [0.2, 0.25) is 0 Å². The monoisotopic (exact) mass is 336 g/mol. The summed E-state index contributed by atoms with van der Waals surface area (Å²) in [7, 11) is -4.19. The van der Waals surface area contributed by atoms with Crippen LogP contribution in [0.15, 0.2) is 34.3 Å². The van der Waals surface area contributed by atoms with Gasteiger partial charge in [-0.3, -0.25) is 0 Å². The Kier molecular flexibility index (Phi) is 4.11. The van der Waals surface area contributed by atoms with Crippen LogP contribution in [0.4, 0.5) is 18.0 Å². The van der Waals surface area contributed by atoms with Gasteiger partial charge in [0.25, 0.3) is 10.0 Å². The molecule has 1 heterocycles. The van der Waals surface area contributed by atoms with Gasteiger partial charge in [-0.1, -0.05) is 0 Å². The average Bonchev–Trinajstić information content (AvgIpc) is 2.42. The molecule has 0 radical (unpaired) electrons. The zero-order valence-corrected chi connectivity index (χ0v) is 12.0. The lowest BCUT2D eigenvalue weighted by Gasteiger charge is -2.25. The number of rotatable bonds is 3. The Morgan fingerprint density at radius 2 is 1.86 bits per heavy atom. The van der Waals surface area contributed by atoms with Crippen LogP contribution in [-0.2, 0) is 16.2 Å². The smallest absolute Gasteiger partial charge is 0.245 e. The molecule has 0 atom stereocenters. The lowest BCUT2D eigenvalue weighted by molar-refractivity contribution is -0.137. The fourth-order valence-corrected chi connectivity index (χ4v) is 2.67. The second-order valence-corrected chi connectivity index (χ2v) is 6.13. The molecule has 1 aromatic rings. The lowest BCUT2D eigenvalue weighted by atomic mass is 10.2. The molecule has 0 saturated heterocycles. The number of alkyl halides is 3. The van der Waals surface area contributed by atoms with E-state index in [1.807, 2.05) is 4.83 Å². The van der Waals surface area contributed by atoms with Crippen molar-refractivity contribution in [2.75, 3.05) is 6.54 Å². The van der Waals surface area contributed by atoms with Crippen LogP contribution in [0.3, 0.4) is 0 Å². The van der Waals surface area contributed by atoms with Gasteiger partial charge in [0.05, 0.1) is 22.7 Å². The van der Waals surface area contributed by atoms with Crippen LogP contribution in [0.2, 0.25) is 0 Å². The first kappa shape index (κ1) is 16.2. The van der Waals surface area contributed by atoms with E-state index in [2.05, 4.69) is 10.5 Å². The van der Waals surface area contributed by atoms with E-state index >= 15 is 0 Å². The zero-order valence-electron chi connectivity index (χ0n) is 11.2. The zero-order chi connectivity index (χ0) is 16.5. The molecule has 1 aliphatic rings. The normalized spacial score (nSPS) is 16.3. The van der Waals surface area contributed by atoms with Gasteiger partial charge < -0.3 is 0 Å². The van der Waals surface area contributed by atoms with Crippen LogP contribution < -0.4 is 10.3 Å². The maximum Gasteiger partial charge on any atom is 0.416 e. The number of hydrogen-bond acceptors (Lipinski definition) is 4. The molecule has 0 aromatic heterocycles. The third-order valence-corrected chi connectivity index (χ3v) is 4.05. The van der Waals surface area contributed by atoms with E-state index < -0.39 is 32.7 Å². The summed E-state index contributed by atoms with van der Waals surface area (Å²) in [5.41, 5.74) is 1.57. The number of hydrogen-bond donors (Lipinski definition) is 2.